The second kappa shape index (κ2) is 53.2. The van der Waals surface area contributed by atoms with Gasteiger partial charge in [0.2, 0.25) is 5.91 Å². The highest BCUT2D eigenvalue weighted by atomic mass is 16.5. The van der Waals surface area contributed by atoms with Gasteiger partial charge in [0, 0.05) is 12.8 Å². The minimum absolute atomic E-state index is 0.00496. The van der Waals surface area contributed by atoms with Gasteiger partial charge in [0.1, 0.15) is 0 Å². The van der Waals surface area contributed by atoms with E-state index in [2.05, 4.69) is 31.3 Å². The number of carbonyl (C=O) groups is 2. The van der Waals surface area contributed by atoms with E-state index in [4.69, 9.17) is 4.74 Å². The van der Waals surface area contributed by atoms with E-state index in [1.165, 1.54) is 212 Å². The summed E-state index contributed by atoms with van der Waals surface area (Å²) in [5.74, 6) is -0.0545. The van der Waals surface area contributed by atoms with Crippen molar-refractivity contribution in [1.82, 2.24) is 5.32 Å². The van der Waals surface area contributed by atoms with Crippen LogP contribution >= 0.6 is 0 Å². The average molecular weight is 891 g/mol. The first-order valence-electron chi connectivity index (χ1n) is 28.4. The molecule has 6 heteroatoms. The van der Waals surface area contributed by atoms with E-state index in [0.717, 1.165) is 70.6 Å². The highest BCUT2D eigenvalue weighted by Crippen LogP contribution is 2.17. The van der Waals surface area contributed by atoms with E-state index in [-0.39, 0.29) is 18.5 Å². The molecule has 0 saturated carbocycles. The van der Waals surface area contributed by atoms with Crippen LogP contribution in [0.5, 0.6) is 0 Å². The maximum absolute atomic E-state index is 12.4. The zero-order valence-electron chi connectivity index (χ0n) is 42.6. The molecule has 0 rings (SSSR count). The molecule has 0 aromatic carbocycles. The molecule has 0 spiro atoms. The van der Waals surface area contributed by atoms with E-state index >= 15 is 0 Å². The van der Waals surface area contributed by atoms with Gasteiger partial charge < -0.3 is 20.3 Å². The summed E-state index contributed by atoms with van der Waals surface area (Å²) in [5, 5.41) is 23.2. The van der Waals surface area contributed by atoms with Crippen molar-refractivity contribution in [1.29, 1.82) is 0 Å². The fourth-order valence-corrected chi connectivity index (χ4v) is 8.93. The summed E-state index contributed by atoms with van der Waals surface area (Å²) in [7, 11) is 0. The summed E-state index contributed by atoms with van der Waals surface area (Å²) in [6.07, 6.45) is 62.0. The van der Waals surface area contributed by atoms with Crippen LogP contribution in [-0.4, -0.2) is 47.4 Å². The van der Waals surface area contributed by atoms with Crippen LogP contribution < -0.4 is 5.32 Å². The molecule has 0 bridgehead atoms. The van der Waals surface area contributed by atoms with Gasteiger partial charge in [-0.25, -0.2) is 0 Å². The van der Waals surface area contributed by atoms with Gasteiger partial charge in [-0.15, -0.1) is 0 Å². The molecule has 374 valence electrons. The van der Waals surface area contributed by atoms with Crippen LogP contribution in [-0.2, 0) is 14.3 Å². The molecule has 0 aliphatic heterocycles. The fourth-order valence-electron chi connectivity index (χ4n) is 8.93. The Morgan fingerprint density at radius 3 is 1.13 bits per heavy atom. The topological polar surface area (TPSA) is 95.9 Å². The van der Waals surface area contributed by atoms with Crippen molar-refractivity contribution in [2.45, 2.75) is 328 Å². The smallest absolute Gasteiger partial charge is 0.305 e. The molecule has 0 saturated heterocycles. The van der Waals surface area contributed by atoms with Gasteiger partial charge in [-0.1, -0.05) is 264 Å². The predicted octanol–water partition coefficient (Wildman–Crippen LogP) is 17.3. The second-order valence-corrected chi connectivity index (χ2v) is 19.6. The second-order valence-electron chi connectivity index (χ2n) is 19.6. The molecule has 0 radical (unpaired) electrons. The number of amides is 1. The van der Waals surface area contributed by atoms with Gasteiger partial charge >= 0.3 is 5.97 Å². The van der Waals surface area contributed by atoms with Gasteiger partial charge in [-0.05, 0) is 51.4 Å². The van der Waals surface area contributed by atoms with Crippen molar-refractivity contribution < 1.29 is 24.5 Å². The standard InChI is InChI=1S/C57H111NO5/c1-3-5-7-9-11-13-15-17-18-19-20-21-24-27-31-35-39-43-47-51-57(62)63-52-48-44-40-36-32-28-25-22-23-26-30-34-38-42-46-50-56(61)58-54(53-59)55(60)49-45-41-37-33-29-16-14-12-10-8-6-4-2/h25,28,54-55,59-60H,3-24,26-27,29-53H2,1-2H3,(H,58,61)/b28-25-. The van der Waals surface area contributed by atoms with Crippen LogP contribution in [0.25, 0.3) is 0 Å². The first kappa shape index (κ1) is 61.6. The number of ether oxygens (including phenoxy) is 1. The van der Waals surface area contributed by atoms with E-state index < -0.39 is 12.1 Å². The number of hydrogen-bond acceptors (Lipinski definition) is 5. The Morgan fingerprint density at radius 1 is 0.429 bits per heavy atom. The fraction of sp³-hybridized carbons (Fsp3) is 0.930. The molecule has 63 heavy (non-hydrogen) atoms. The number of allylic oxidation sites excluding steroid dienone is 2. The van der Waals surface area contributed by atoms with Gasteiger partial charge in [0.25, 0.3) is 0 Å². The molecule has 0 aliphatic rings. The summed E-state index contributed by atoms with van der Waals surface area (Å²) >= 11 is 0. The number of carbonyl (C=O) groups excluding carboxylic acids is 2. The predicted molar refractivity (Wildman–Crippen MR) is 273 cm³/mol. The summed E-state index contributed by atoms with van der Waals surface area (Å²) < 4.78 is 5.48. The van der Waals surface area contributed by atoms with Crippen molar-refractivity contribution in [3.63, 3.8) is 0 Å². The lowest BCUT2D eigenvalue weighted by atomic mass is 10.0. The average Bonchev–Trinajstić information content (AvgIpc) is 3.28. The third-order valence-electron chi connectivity index (χ3n) is 13.3. The Balaban J connectivity index is 3.42. The van der Waals surface area contributed by atoms with E-state index in [9.17, 15) is 19.8 Å². The zero-order valence-corrected chi connectivity index (χ0v) is 42.6. The third-order valence-corrected chi connectivity index (χ3v) is 13.3. The van der Waals surface area contributed by atoms with Crippen molar-refractivity contribution in [3.05, 3.63) is 12.2 Å². The quantitative estimate of drug-likeness (QED) is 0.0321. The molecule has 0 aromatic heterocycles. The first-order valence-corrected chi connectivity index (χ1v) is 28.4. The molecule has 6 nitrogen and oxygen atoms in total. The van der Waals surface area contributed by atoms with Crippen molar-refractivity contribution in [2.24, 2.45) is 0 Å². The van der Waals surface area contributed by atoms with Crippen LogP contribution in [0, 0.1) is 0 Å². The van der Waals surface area contributed by atoms with Crippen molar-refractivity contribution in [2.75, 3.05) is 13.2 Å². The van der Waals surface area contributed by atoms with Gasteiger partial charge in [0.05, 0.1) is 25.4 Å². The number of nitrogens with one attached hydrogen (secondary N) is 1. The highest BCUT2D eigenvalue weighted by Gasteiger charge is 2.20. The Morgan fingerprint density at radius 2 is 0.746 bits per heavy atom. The molecule has 0 aromatic rings. The van der Waals surface area contributed by atoms with E-state index in [1.54, 1.807) is 0 Å². The van der Waals surface area contributed by atoms with Gasteiger partial charge in [0.15, 0.2) is 0 Å². The minimum Gasteiger partial charge on any atom is -0.466 e. The number of aliphatic hydroxyl groups excluding tert-OH is 2. The minimum atomic E-state index is -0.672. The lowest BCUT2D eigenvalue weighted by Crippen LogP contribution is -2.45. The number of rotatable bonds is 53. The molecule has 1 amide bonds. The number of hydrogen-bond donors (Lipinski definition) is 3. The largest absolute Gasteiger partial charge is 0.466 e. The number of unbranched alkanes of at least 4 members (excludes halogenated alkanes) is 40. The molecular formula is C57H111NO5. The Bertz CT molecular complexity index is 939. The maximum atomic E-state index is 12.4. The molecule has 2 unspecified atom stereocenters. The molecule has 0 aliphatic carbocycles. The van der Waals surface area contributed by atoms with E-state index in [1.807, 2.05) is 0 Å². The molecule has 0 heterocycles. The van der Waals surface area contributed by atoms with Crippen LogP contribution in [0.2, 0.25) is 0 Å². The Hall–Kier alpha value is -1.40. The maximum Gasteiger partial charge on any atom is 0.305 e. The SMILES string of the molecule is CCCCCCCCCCCCCCCCCCCCCC(=O)OCCCCCC/C=C\CCCCCCCCCC(=O)NC(CO)C(O)CCCCCCCCCCCCCC. The Labute approximate surface area is 393 Å². The van der Waals surface area contributed by atoms with Gasteiger partial charge in [-0.2, -0.15) is 0 Å². The first-order chi connectivity index (χ1) is 31.0. The van der Waals surface area contributed by atoms with Gasteiger partial charge in [-0.3, -0.25) is 9.59 Å². The van der Waals surface area contributed by atoms with E-state index in [0.29, 0.717) is 25.9 Å². The zero-order chi connectivity index (χ0) is 45.8. The molecule has 2 atom stereocenters. The van der Waals surface area contributed by atoms with Crippen LogP contribution in [0.4, 0.5) is 0 Å². The summed E-state index contributed by atoms with van der Waals surface area (Å²) in [4.78, 5) is 24.5. The van der Waals surface area contributed by atoms with Crippen molar-refractivity contribution in [3.8, 4) is 0 Å². The molecule has 0 fully saturated rings. The number of esters is 1. The Kier molecular flexibility index (Phi) is 52.0. The summed E-state index contributed by atoms with van der Waals surface area (Å²) in [6.45, 7) is 4.93. The number of aliphatic hydroxyl groups is 2. The van der Waals surface area contributed by atoms with Crippen molar-refractivity contribution >= 4 is 11.9 Å². The highest BCUT2D eigenvalue weighted by molar-refractivity contribution is 5.76. The lowest BCUT2D eigenvalue weighted by Gasteiger charge is -2.22. The third kappa shape index (κ3) is 49.9. The summed E-state index contributed by atoms with van der Waals surface area (Å²) in [5.41, 5.74) is 0. The molecular weight excluding hydrogens is 779 g/mol. The molecule has 3 N–H and O–H groups in total. The lowest BCUT2D eigenvalue weighted by molar-refractivity contribution is -0.143. The normalized spacial score (nSPS) is 12.6. The summed E-state index contributed by atoms with van der Waals surface area (Å²) in [6, 6.07) is -0.551. The van der Waals surface area contributed by atoms with Crippen LogP contribution in [0.3, 0.4) is 0 Å². The van der Waals surface area contributed by atoms with Crippen LogP contribution in [0.15, 0.2) is 12.2 Å². The monoisotopic (exact) mass is 890 g/mol. The van der Waals surface area contributed by atoms with Crippen LogP contribution in [0.1, 0.15) is 316 Å².